The molecule has 3 heteroatoms. The first-order valence-corrected chi connectivity index (χ1v) is 4.97. The van der Waals surface area contributed by atoms with Gasteiger partial charge in [0.05, 0.1) is 6.54 Å². The van der Waals surface area contributed by atoms with E-state index in [0.717, 1.165) is 25.9 Å². The normalized spacial score (nSPS) is 17.6. The van der Waals surface area contributed by atoms with Crippen LogP contribution in [0.5, 0.6) is 0 Å². The number of likely N-dealkylation sites (tertiary alicyclic amines) is 1. The summed E-state index contributed by atoms with van der Waals surface area (Å²) in [4.78, 5) is 17.2. The number of aromatic nitrogens is 1. The van der Waals surface area contributed by atoms with Crippen molar-refractivity contribution in [1.82, 2.24) is 9.88 Å². The highest BCUT2D eigenvalue weighted by atomic mass is 16.1. The zero-order valence-electron chi connectivity index (χ0n) is 8.15. The molecule has 0 saturated carbocycles. The average molecular weight is 190 g/mol. The number of ketones is 1. The summed E-state index contributed by atoms with van der Waals surface area (Å²) < 4.78 is 0. The van der Waals surface area contributed by atoms with Crippen LogP contribution in [-0.2, 0) is 11.2 Å². The number of nitrogens with zero attached hydrogens (tertiary/aromatic N) is 2. The van der Waals surface area contributed by atoms with E-state index in [1.54, 1.807) is 0 Å². The van der Waals surface area contributed by atoms with Gasteiger partial charge in [0.25, 0.3) is 0 Å². The first kappa shape index (κ1) is 9.34. The second-order valence-corrected chi connectivity index (χ2v) is 3.67. The molecule has 1 saturated heterocycles. The molecular formula is C11H14N2O. The van der Waals surface area contributed by atoms with Gasteiger partial charge in [-0.15, -0.1) is 0 Å². The molecule has 74 valence electrons. The fraction of sp³-hybridized carbons (Fsp3) is 0.455. The Bertz CT molecular complexity index is 310. The molecular weight excluding hydrogens is 176 g/mol. The first-order valence-electron chi connectivity index (χ1n) is 4.97. The SMILES string of the molecule is O=C1CCN(CCc2ccncc2)C1. The van der Waals surface area contributed by atoms with Crippen molar-refractivity contribution < 1.29 is 4.79 Å². The number of carbonyl (C=O) groups is 1. The molecule has 0 amide bonds. The van der Waals surface area contributed by atoms with E-state index in [9.17, 15) is 4.79 Å². The predicted octanol–water partition coefficient (Wildman–Crippen LogP) is 0.899. The minimum absolute atomic E-state index is 0.375. The van der Waals surface area contributed by atoms with E-state index in [2.05, 4.69) is 9.88 Å². The highest BCUT2D eigenvalue weighted by Crippen LogP contribution is 2.06. The summed E-state index contributed by atoms with van der Waals surface area (Å²) in [6.07, 6.45) is 5.36. The Morgan fingerprint density at radius 2 is 2.14 bits per heavy atom. The molecule has 14 heavy (non-hydrogen) atoms. The van der Waals surface area contributed by atoms with Crippen molar-refractivity contribution in [3.05, 3.63) is 30.1 Å². The van der Waals surface area contributed by atoms with Crippen LogP contribution in [0.15, 0.2) is 24.5 Å². The Kier molecular flexibility index (Phi) is 2.89. The summed E-state index contributed by atoms with van der Waals surface area (Å²) in [5.41, 5.74) is 1.29. The van der Waals surface area contributed by atoms with Crippen molar-refractivity contribution in [1.29, 1.82) is 0 Å². The molecule has 0 unspecified atom stereocenters. The predicted molar refractivity (Wildman–Crippen MR) is 54.0 cm³/mol. The monoisotopic (exact) mass is 190 g/mol. The lowest BCUT2D eigenvalue weighted by molar-refractivity contribution is -0.116. The van der Waals surface area contributed by atoms with Gasteiger partial charge >= 0.3 is 0 Å². The second kappa shape index (κ2) is 4.33. The number of hydrogen-bond donors (Lipinski definition) is 0. The number of Topliss-reactive ketones (excluding diaryl/α,β-unsaturated/α-hetero) is 1. The summed E-state index contributed by atoms with van der Waals surface area (Å²) >= 11 is 0. The van der Waals surface area contributed by atoms with Gasteiger partial charge in [0.15, 0.2) is 0 Å². The van der Waals surface area contributed by atoms with E-state index in [1.165, 1.54) is 5.56 Å². The minimum Gasteiger partial charge on any atom is -0.298 e. The highest BCUT2D eigenvalue weighted by Gasteiger charge is 2.18. The Hall–Kier alpha value is -1.22. The summed E-state index contributed by atoms with van der Waals surface area (Å²) in [5, 5.41) is 0. The minimum atomic E-state index is 0.375. The maximum atomic E-state index is 11.0. The molecule has 0 radical (unpaired) electrons. The van der Waals surface area contributed by atoms with Crippen LogP contribution in [-0.4, -0.2) is 35.3 Å². The Morgan fingerprint density at radius 1 is 1.36 bits per heavy atom. The fourth-order valence-corrected chi connectivity index (χ4v) is 1.72. The van der Waals surface area contributed by atoms with Gasteiger partial charge in [-0.25, -0.2) is 0 Å². The lowest BCUT2D eigenvalue weighted by atomic mass is 10.2. The molecule has 0 bridgehead atoms. The van der Waals surface area contributed by atoms with Crippen molar-refractivity contribution >= 4 is 5.78 Å². The van der Waals surface area contributed by atoms with Crippen molar-refractivity contribution in [2.75, 3.05) is 19.6 Å². The van der Waals surface area contributed by atoms with E-state index >= 15 is 0 Å². The fourth-order valence-electron chi connectivity index (χ4n) is 1.72. The Balaban J connectivity index is 1.80. The number of hydrogen-bond acceptors (Lipinski definition) is 3. The van der Waals surface area contributed by atoms with Crippen molar-refractivity contribution in [2.45, 2.75) is 12.8 Å². The van der Waals surface area contributed by atoms with E-state index in [4.69, 9.17) is 0 Å². The number of pyridine rings is 1. The standard InChI is InChI=1S/C11H14N2O/c14-11-4-8-13(9-11)7-3-10-1-5-12-6-2-10/h1-2,5-6H,3-4,7-9H2. The summed E-state index contributed by atoms with van der Waals surface area (Å²) in [7, 11) is 0. The Morgan fingerprint density at radius 3 is 2.79 bits per heavy atom. The second-order valence-electron chi connectivity index (χ2n) is 3.67. The molecule has 0 N–H and O–H groups in total. The van der Waals surface area contributed by atoms with Crippen LogP contribution in [0.3, 0.4) is 0 Å². The van der Waals surface area contributed by atoms with E-state index in [-0.39, 0.29) is 0 Å². The average Bonchev–Trinajstić information content (AvgIpc) is 2.63. The number of rotatable bonds is 3. The third kappa shape index (κ3) is 2.39. The molecule has 1 aromatic rings. The van der Waals surface area contributed by atoms with Crippen LogP contribution in [0, 0.1) is 0 Å². The van der Waals surface area contributed by atoms with E-state index in [1.807, 2.05) is 24.5 Å². The maximum Gasteiger partial charge on any atom is 0.148 e. The molecule has 0 atom stereocenters. The molecule has 0 aliphatic carbocycles. The van der Waals surface area contributed by atoms with Gasteiger partial charge in [0.2, 0.25) is 0 Å². The maximum absolute atomic E-state index is 11.0. The van der Waals surface area contributed by atoms with Crippen molar-refractivity contribution in [3.63, 3.8) is 0 Å². The van der Waals surface area contributed by atoms with Gasteiger partial charge in [-0.2, -0.15) is 0 Å². The van der Waals surface area contributed by atoms with Crippen LogP contribution < -0.4 is 0 Å². The largest absolute Gasteiger partial charge is 0.298 e. The van der Waals surface area contributed by atoms with Crippen LogP contribution in [0.1, 0.15) is 12.0 Å². The van der Waals surface area contributed by atoms with Gasteiger partial charge < -0.3 is 0 Å². The molecule has 0 aromatic carbocycles. The Labute approximate surface area is 83.8 Å². The van der Waals surface area contributed by atoms with Crippen LogP contribution in [0.2, 0.25) is 0 Å². The zero-order chi connectivity index (χ0) is 9.80. The summed E-state index contributed by atoms with van der Waals surface area (Å²) in [6, 6.07) is 4.05. The smallest absolute Gasteiger partial charge is 0.148 e. The molecule has 1 fully saturated rings. The molecule has 1 aromatic heterocycles. The molecule has 2 heterocycles. The third-order valence-corrected chi connectivity index (χ3v) is 2.57. The quantitative estimate of drug-likeness (QED) is 0.710. The van der Waals surface area contributed by atoms with E-state index < -0.39 is 0 Å². The van der Waals surface area contributed by atoms with E-state index in [0.29, 0.717) is 12.3 Å². The molecule has 2 rings (SSSR count). The molecule has 3 nitrogen and oxygen atoms in total. The van der Waals surface area contributed by atoms with Gasteiger partial charge in [-0.05, 0) is 24.1 Å². The summed E-state index contributed by atoms with van der Waals surface area (Å²) in [5.74, 6) is 0.375. The van der Waals surface area contributed by atoms with Crippen LogP contribution >= 0.6 is 0 Å². The first-order chi connectivity index (χ1) is 6.84. The number of carbonyl (C=O) groups excluding carboxylic acids is 1. The van der Waals surface area contributed by atoms with Gasteiger partial charge in [0, 0.05) is 31.9 Å². The topological polar surface area (TPSA) is 33.2 Å². The zero-order valence-corrected chi connectivity index (χ0v) is 8.15. The van der Waals surface area contributed by atoms with Crippen molar-refractivity contribution in [3.8, 4) is 0 Å². The lowest BCUT2D eigenvalue weighted by Crippen LogP contribution is -2.23. The highest BCUT2D eigenvalue weighted by molar-refractivity contribution is 5.82. The van der Waals surface area contributed by atoms with Crippen LogP contribution in [0.4, 0.5) is 0 Å². The third-order valence-electron chi connectivity index (χ3n) is 2.57. The molecule has 0 spiro atoms. The van der Waals surface area contributed by atoms with Gasteiger partial charge in [-0.3, -0.25) is 14.7 Å². The molecule has 1 aliphatic heterocycles. The van der Waals surface area contributed by atoms with Gasteiger partial charge in [-0.1, -0.05) is 0 Å². The van der Waals surface area contributed by atoms with Gasteiger partial charge in [0.1, 0.15) is 5.78 Å². The van der Waals surface area contributed by atoms with Crippen LogP contribution in [0.25, 0.3) is 0 Å². The lowest BCUT2D eigenvalue weighted by Gasteiger charge is -2.12. The summed E-state index contributed by atoms with van der Waals surface area (Å²) in [6.45, 7) is 2.56. The van der Waals surface area contributed by atoms with Crippen molar-refractivity contribution in [2.24, 2.45) is 0 Å². The molecule has 1 aliphatic rings.